The molecule has 8 heteroatoms. The number of fused-ring (bicyclic) bond motifs is 4. The molecule has 3 aromatic rings. The monoisotopic (exact) mass is 520 g/mol. The fourth-order valence-electron chi connectivity index (χ4n) is 6.58. The van der Waals surface area contributed by atoms with Crippen molar-refractivity contribution in [3.05, 3.63) is 94.5 Å². The van der Waals surface area contributed by atoms with Crippen LogP contribution in [-0.4, -0.2) is 70.5 Å². The standard InChI is InChI=1S/C31H28N4O4/c36-27-12-11-26(29(37)32-27)35-30(38)24-10-9-19(17-25(24)31(35)39)18-33-13-15-34(16-14-33)28-22-7-3-1-5-20(22)21-6-2-4-8-23(21)28/h1-10,17,26,28H,11-16,18H2,(H,32,36,37). The highest BCUT2D eigenvalue weighted by atomic mass is 16.2. The predicted molar refractivity (Wildman–Crippen MR) is 144 cm³/mol. The van der Waals surface area contributed by atoms with Crippen LogP contribution in [0.15, 0.2) is 66.7 Å². The van der Waals surface area contributed by atoms with Gasteiger partial charge in [-0.05, 0) is 46.4 Å². The minimum atomic E-state index is -0.947. The molecule has 2 fully saturated rings. The van der Waals surface area contributed by atoms with Gasteiger partial charge in [0.2, 0.25) is 11.8 Å². The Hall–Kier alpha value is -4.14. The average Bonchev–Trinajstić information content (AvgIpc) is 3.41. The number of piperidine rings is 1. The molecule has 4 aliphatic rings. The first-order chi connectivity index (χ1) is 19.0. The first-order valence-electron chi connectivity index (χ1n) is 13.5. The van der Waals surface area contributed by atoms with Crippen LogP contribution in [0.5, 0.6) is 0 Å². The Bertz CT molecular complexity index is 1500. The summed E-state index contributed by atoms with van der Waals surface area (Å²) in [6.45, 7) is 4.33. The van der Waals surface area contributed by atoms with Crippen LogP contribution >= 0.6 is 0 Å². The number of imide groups is 2. The van der Waals surface area contributed by atoms with Gasteiger partial charge >= 0.3 is 0 Å². The number of hydrogen-bond donors (Lipinski definition) is 1. The van der Waals surface area contributed by atoms with Crippen LogP contribution in [0.1, 0.15) is 56.3 Å². The minimum Gasteiger partial charge on any atom is -0.297 e. The van der Waals surface area contributed by atoms with Gasteiger partial charge in [-0.25, -0.2) is 0 Å². The molecule has 8 nitrogen and oxygen atoms in total. The maximum absolute atomic E-state index is 13.2. The molecule has 3 aliphatic heterocycles. The SMILES string of the molecule is O=C1CCC(N2C(=O)c3ccc(CN4CCN(C5c6ccccc6-c6ccccc65)CC4)cc3C2=O)C(=O)N1. The minimum absolute atomic E-state index is 0.110. The van der Waals surface area contributed by atoms with Gasteiger partial charge in [-0.2, -0.15) is 0 Å². The molecular weight excluding hydrogens is 492 g/mol. The van der Waals surface area contributed by atoms with E-state index in [1.807, 2.05) is 6.07 Å². The second-order valence-corrected chi connectivity index (χ2v) is 10.7. The van der Waals surface area contributed by atoms with Crippen LogP contribution in [0.25, 0.3) is 11.1 Å². The summed E-state index contributed by atoms with van der Waals surface area (Å²) in [5.41, 5.74) is 7.00. The van der Waals surface area contributed by atoms with Gasteiger partial charge in [0.25, 0.3) is 11.8 Å². The summed E-state index contributed by atoms with van der Waals surface area (Å²) in [5.74, 6) is -1.90. The van der Waals surface area contributed by atoms with E-state index in [4.69, 9.17) is 0 Å². The van der Waals surface area contributed by atoms with Crippen molar-refractivity contribution in [3.8, 4) is 11.1 Å². The van der Waals surface area contributed by atoms with Gasteiger partial charge in [-0.15, -0.1) is 0 Å². The number of hydrogen-bond acceptors (Lipinski definition) is 6. The number of carbonyl (C=O) groups is 4. The van der Waals surface area contributed by atoms with Gasteiger partial charge in [-0.1, -0.05) is 54.6 Å². The second kappa shape index (κ2) is 9.25. The molecule has 0 saturated carbocycles. The number of benzene rings is 3. The maximum atomic E-state index is 13.2. The van der Waals surface area contributed by atoms with Crippen LogP contribution in [0.2, 0.25) is 0 Å². The normalized spacial score (nSPS) is 21.6. The molecular formula is C31H28N4O4. The van der Waals surface area contributed by atoms with E-state index < -0.39 is 23.8 Å². The van der Waals surface area contributed by atoms with Crippen molar-refractivity contribution in [2.75, 3.05) is 26.2 Å². The third-order valence-corrected chi connectivity index (χ3v) is 8.48. The summed E-state index contributed by atoms with van der Waals surface area (Å²) >= 11 is 0. The zero-order chi connectivity index (χ0) is 26.7. The molecule has 196 valence electrons. The first kappa shape index (κ1) is 23.9. The molecule has 1 N–H and O–H groups in total. The Morgan fingerprint density at radius 1 is 0.718 bits per heavy atom. The number of nitrogens with zero attached hydrogens (tertiary/aromatic N) is 3. The average molecular weight is 521 g/mol. The van der Waals surface area contributed by atoms with Crippen LogP contribution in [0, 0.1) is 0 Å². The number of nitrogens with one attached hydrogen (secondary N) is 1. The first-order valence-corrected chi connectivity index (χ1v) is 13.5. The van der Waals surface area contributed by atoms with E-state index in [2.05, 4.69) is 63.6 Å². The van der Waals surface area contributed by atoms with Gasteiger partial charge in [0.15, 0.2) is 0 Å². The molecule has 4 amide bonds. The maximum Gasteiger partial charge on any atom is 0.262 e. The van der Waals surface area contributed by atoms with Crippen molar-refractivity contribution >= 4 is 23.6 Å². The number of amides is 4. The zero-order valence-electron chi connectivity index (χ0n) is 21.4. The molecule has 7 rings (SSSR count). The molecule has 0 radical (unpaired) electrons. The largest absolute Gasteiger partial charge is 0.297 e. The van der Waals surface area contributed by atoms with Gasteiger partial charge < -0.3 is 0 Å². The van der Waals surface area contributed by atoms with E-state index in [9.17, 15) is 19.2 Å². The Kier molecular flexibility index (Phi) is 5.68. The Morgan fingerprint density at radius 3 is 2.03 bits per heavy atom. The van der Waals surface area contributed by atoms with E-state index in [1.54, 1.807) is 12.1 Å². The lowest BCUT2D eigenvalue weighted by Gasteiger charge is -2.38. The zero-order valence-corrected chi connectivity index (χ0v) is 21.4. The van der Waals surface area contributed by atoms with Crippen molar-refractivity contribution < 1.29 is 19.2 Å². The van der Waals surface area contributed by atoms with Crippen molar-refractivity contribution in [2.24, 2.45) is 0 Å². The molecule has 3 heterocycles. The molecule has 1 atom stereocenters. The smallest absolute Gasteiger partial charge is 0.262 e. The topological polar surface area (TPSA) is 90.0 Å². The quantitative estimate of drug-likeness (QED) is 0.532. The lowest BCUT2D eigenvalue weighted by Crippen LogP contribution is -2.54. The number of carbonyl (C=O) groups excluding carboxylic acids is 4. The Morgan fingerprint density at radius 2 is 1.36 bits per heavy atom. The number of piperazine rings is 1. The fourth-order valence-corrected chi connectivity index (χ4v) is 6.58. The lowest BCUT2D eigenvalue weighted by molar-refractivity contribution is -0.136. The van der Waals surface area contributed by atoms with Crippen molar-refractivity contribution in [1.82, 2.24) is 20.0 Å². The van der Waals surface area contributed by atoms with E-state index in [-0.39, 0.29) is 24.8 Å². The van der Waals surface area contributed by atoms with Crippen LogP contribution in [-0.2, 0) is 16.1 Å². The molecule has 3 aromatic carbocycles. The third kappa shape index (κ3) is 3.90. The summed E-state index contributed by atoms with van der Waals surface area (Å²) in [6.07, 6.45) is 0.266. The summed E-state index contributed by atoms with van der Waals surface area (Å²) in [5, 5.41) is 2.24. The summed E-state index contributed by atoms with van der Waals surface area (Å²) in [7, 11) is 0. The van der Waals surface area contributed by atoms with Crippen LogP contribution in [0.4, 0.5) is 0 Å². The lowest BCUT2D eigenvalue weighted by atomic mass is 10.0. The van der Waals surface area contributed by atoms with Crippen molar-refractivity contribution in [3.63, 3.8) is 0 Å². The third-order valence-electron chi connectivity index (χ3n) is 8.48. The van der Waals surface area contributed by atoms with Crippen molar-refractivity contribution in [2.45, 2.75) is 31.5 Å². The summed E-state index contributed by atoms with van der Waals surface area (Å²) in [6, 6.07) is 22.1. The molecule has 0 aromatic heterocycles. The molecule has 0 spiro atoms. The van der Waals surface area contributed by atoms with Gasteiger partial charge in [0.1, 0.15) is 6.04 Å². The highest BCUT2D eigenvalue weighted by Gasteiger charge is 2.44. The summed E-state index contributed by atoms with van der Waals surface area (Å²) < 4.78 is 0. The van der Waals surface area contributed by atoms with Crippen LogP contribution in [0.3, 0.4) is 0 Å². The van der Waals surface area contributed by atoms with Gasteiger partial charge in [0.05, 0.1) is 17.2 Å². The van der Waals surface area contributed by atoms with E-state index in [0.717, 1.165) is 36.6 Å². The molecule has 1 unspecified atom stereocenters. The summed E-state index contributed by atoms with van der Waals surface area (Å²) in [4.78, 5) is 56.0. The molecule has 2 saturated heterocycles. The number of rotatable bonds is 4. The van der Waals surface area contributed by atoms with Gasteiger partial charge in [0, 0.05) is 39.1 Å². The predicted octanol–water partition coefficient (Wildman–Crippen LogP) is 2.98. The molecule has 1 aliphatic carbocycles. The Labute approximate surface area is 226 Å². The Balaban J connectivity index is 1.04. The second-order valence-electron chi connectivity index (χ2n) is 10.7. The van der Waals surface area contributed by atoms with Crippen LogP contribution < -0.4 is 5.32 Å². The van der Waals surface area contributed by atoms with Crippen molar-refractivity contribution in [1.29, 1.82) is 0 Å². The molecule has 39 heavy (non-hydrogen) atoms. The fraction of sp³-hybridized carbons (Fsp3) is 0.290. The van der Waals surface area contributed by atoms with E-state index in [1.165, 1.54) is 22.3 Å². The van der Waals surface area contributed by atoms with E-state index in [0.29, 0.717) is 17.7 Å². The highest BCUT2D eigenvalue weighted by Crippen LogP contribution is 2.46. The van der Waals surface area contributed by atoms with E-state index >= 15 is 0 Å². The van der Waals surface area contributed by atoms with Gasteiger partial charge in [-0.3, -0.25) is 39.2 Å². The highest BCUT2D eigenvalue weighted by molar-refractivity contribution is 6.23. The molecule has 0 bridgehead atoms.